The number of aliphatic carboxylic acids is 1. The first-order valence-corrected chi connectivity index (χ1v) is 6.61. The number of hydrogen-bond donors (Lipinski definition) is 4. The Hall–Kier alpha value is -2.16. The molecule has 1 aromatic carbocycles. The molecule has 0 spiro atoms. The van der Waals surface area contributed by atoms with E-state index >= 15 is 0 Å². The highest BCUT2D eigenvalue weighted by atomic mass is 16.6. The Morgan fingerprint density at radius 2 is 1.95 bits per heavy atom. The summed E-state index contributed by atoms with van der Waals surface area (Å²) in [5, 5.41) is 21.4. The molecule has 0 heterocycles. The predicted octanol–water partition coefficient (Wildman–Crippen LogP) is -0.204. The van der Waals surface area contributed by atoms with Crippen molar-refractivity contribution in [2.45, 2.75) is 31.8 Å². The number of carbonyl (C=O) groups excluding carboxylic acids is 1. The van der Waals surface area contributed by atoms with Crippen molar-refractivity contribution < 1.29 is 29.3 Å². The summed E-state index contributed by atoms with van der Waals surface area (Å²) >= 11 is 0. The van der Waals surface area contributed by atoms with Crippen LogP contribution < -0.4 is 15.8 Å². The summed E-state index contributed by atoms with van der Waals surface area (Å²) in [4.78, 5) is 22.5. The average Bonchev–Trinajstić information content (AvgIpc) is 2.52. The molecule has 0 saturated heterocycles. The largest absolute Gasteiger partial charge is 0.497 e. The van der Waals surface area contributed by atoms with E-state index in [-0.39, 0.29) is 13.0 Å². The number of hydrogen-bond acceptors (Lipinski definition) is 7. The standard InChI is InChI=1S/C14H20N2O6/c1-3-11(17)22-13(20)14(15,12(18)19)16-8-9-4-6-10(21-2)7-5-9/h4-7,13,16,20H,3,8,15H2,1-2H3,(H,18,19). The number of nitrogens with one attached hydrogen (secondary N) is 1. The normalized spacial score (nSPS) is 14.7. The fourth-order valence-electron chi connectivity index (χ4n) is 1.56. The van der Waals surface area contributed by atoms with E-state index in [0.717, 1.165) is 0 Å². The zero-order valence-corrected chi connectivity index (χ0v) is 12.4. The Balaban J connectivity index is 2.77. The first kappa shape index (κ1) is 17.9. The van der Waals surface area contributed by atoms with E-state index in [4.69, 9.17) is 10.5 Å². The van der Waals surface area contributed by atoms with Gasteiger partial charge in [-0.05, 0) is 17.7 Å². The predicted molar refractivity (Wildman–Crippen MR) is 76.8 cm³/mol. The minimum Gasteiger partial charge on any atom is -0.497 e. The van der Waals surface area contributed by atoms with Crippen LogP contribution >= 0.6 is 0 Å². The highest BCUT2D eigenvalue weighted by Gasteiger charge is 2.44. The topological polar surface area (TPSA) is 131 Å². The first-order valence-electron chi connectivity index (χ1n) is 6.61. The molecule has 0 aliphatic heterocycles. The molecule has 0 aromatic heterocycles. The molecule has 2 unspecified atom stereocenters. The van der Waals surface area contributed by atoms with Crippen LogP contribution in [0.3, 0.4) is 0 Å². The Morgan fingerprint density at radius 3 is 2.41 bits per heavy atom. The molecule has 8 heteroatoms. The van der Waals surface area contributed by atoms with Gasteiger partial charge in [0, 0.05) is 13.0 Å². The summed E-state index contributed by atoms with van der Waals surface area (Å²) in [7, 11) is 1.53. The lowest BCUT2D eigenvalue weighted by Gasteiger charge is -2.30. The molecule has 1 aromatic rings. The summed E-state index contributed by atoms with van der Waals surface area (Å²) in [5.41, 5.74) is 4.03. The number of nitrogens with two attached hydrogens (primary N) is 1. The van der Waals surface area contributed by atoms with E-state index in [9.17, 15) is 19.8 Å². The summed E-state index contributed by atoms with van der Waals surface area (Å²) in [6.07, 6.45) is -2.03. The average molecular weight is 312 g/mol. The monoisotopic (exact) mass is 312 g/mol. The smallest absolute Gasteiger partial charge is 0.345 e. The number of ether oxygens (including phenoxy) is 2. The van der Waals surface area contributed by atoms with Crippen molar-refractivity contribution in [1.82, 2.24) is 5.32 Å². The Bertz CT molecular complexity index is 519. The SMILES string of the molecule is CCC(=O)OC(O)C(N)(NCc1ccc(OC)cc1)C(=O)O. The lowest BCUT2D eigenvalue weighted by molar-refractivity contribution is -0.191. The van der Waals surface area contributed by atoms with E-state index in [1.165, 1.54) is 14.0 Å². The molecule has 5 N–H and O–H groups in total. The van der Waals surface area contributed by atoms with Crippen LogP contribution in [0.5, 0.6) is 5.75 Å². The van der Waals surface area contributed by atoms with Crippen molar-refractivity contribution in [2.75, 3.05) is 7.11 Å². The lowest BCUT2D eigenvalue weighted by Crippen LogP contribution is -2.67. The van der Waals surface area contributed by atoms with Crippen molar-refractivity contribution in [2.24, 2.45) is 5.73 Å². The van der Waals surface area contributed by atoms with E-state index in [0.29, 0.717) is 11.3 Å². The van der Waals surface area contributed by atoms with E-state index in [2.05, 4.69) is 10.1 Å². The minimum absolute atomic E-state index is 0.00869. The van der Waals surface area contributed by atoms with Gasteiger partial charge in [-0.15, -0.1) is 0 Å². The molecule has 0 radical (unpaired) electrons. The van der Waals surface area contributed by atoms with Crippen LogP contribution in [0.1, 0.15) is 18.9 Å². The van der Waals surface area contributed by atoms with Crippen molar-refractivity contribution in [1.29, 1.82) is 0 Å². The highest BCUT2D eigenvalue weighted by molar-refractivity contribution is 5.79. The van der Waals surface area contributed by atoms with Crippen LogP contribution in [0.15, 0.2) is 24.3 Å². The summed E-state index contributed by atoms with van der Waals surface area (Å²) in [6.45, 7) is 1.56. The number of methoxy groups -OCH3 is 1. The number of esters is 1. The Morgan fingerprint density at radius 1 is 1.36 bits per heavy atom. The van der Waals surface area contributed by atoms with Gasteiger partial charge in [0.15, 0.2) is 0 Å². The second-order valence-corrected chi connectivity index (χ2v) is 4.57. The number of rotatable bonds is 8. The zero-order valence-electron chi connectivity index (χ0n) is 12.4. The second kappa shape index (κ2) is 7.74. The van der Waals surface area contributed by atoms with Crippen LogP contribution in [-0.4, -0.2) is 41.2 Å². The zero-order chi connectivity index (χ0) is 16.8. The third kappa shape index (κ3) is 4.42. The Labute approximate surface area is 127 Å². The van der Waals surface area contributed by atoms with Gasteiger partial charge in [0.05, 0.1) is 7.11 Å². The van der Waals surface area contributed by atoms with Crippen molar-refractivity contribution >= 4 is 11.9 Å². The maximum atomic E-state index is 11.3. The fourth-order valence-corrected chi connectivity index (χ4v) is 1.56. The van der Waals surface area contributed by atoms with Crippen LogP contribution in [0.4, 0.5) is 0 Å². The quantitative estimate of drug-likeness (QED) is 0.383. The van der Waals surface area contributed by atoms with Crippen molar-refractivity contribution in [3.05, 3.63) is 29.8 Å². The van der Waals surface area contributed by atoms with Gasteiger partial charge < -0.3 is 19.7 Å². The van der Waals surface area contributed by atoms with Crippen molar-refractivity contribution in [3.8, 4) is 5.75 Å². The molecular weight excluding hydrogens is 292 g/mol. The van der Waals surface area contributed by atoms with Crippen molar-refractivity contribution in [3.63, 3.8) is 0 Å². The molecule has 0 saturated carbocycles. The minimum atomic E-state index is -2.31. The van der Waals surface area contributed by atoms with Gasteiger partial charge in [-0.2, -0.15) is 0 Å². The van der Waals surface area contributed by atoms with Crippen LogP contribution in [0.2, 0.25) is 0 Å². The number of carboxylic acids is 1. The third-order valence-corrected chi connectivity index (χ3v) is 3.02. The molecule has 2 atom stereocenters. The number of aliphatic hydroxyl groups excluding tert-OH is 1. The second-order valence-electron chi connectivity index (χ2n) is 4.57. The lowest BCUT2D eigenvalue weighted by atomic mass is 10.1. The van der Waals surface area contributed by atoms with E-state index in [1.54, 1.807) is 24.3 Å². The molecule has 0 aliphatic rings. The summed E-state index contributed by atoms with van der Waals surface area (Å²) in [6, 6.07) is 6.81. The van der Waals surface area contributed by atoms with Crippen LogP contribution in [0, 0.1) is 0 Å². The molecular formula is C14H20N2O6. The van der Waals surface area contributed by atoms with Gasteiger partial charge in [0.25, 0.3) is 0 Å². The van der Waals surface area contributed by atoms with Crippen LogP contribution in [0.25, 0.3) is 0 Å². The summed E-state index contributed by atoms with van der Waals surface area (Å²) < 4.78 is 9.59. The third-order valence-electron chi connectivity index (χ3n) is 3.02. The van der Waals surface area contributed by atoms with Crippen LogP contribution in [-0.2, 0) is 20.9 Å². The van der Waals surface area contributed by atoms with E-state index < -0.39 is 23.9 Å². The van der Waals surface area contributed by atoms with Gasteiger partial charge in [-0.1, -0.05) is 19.1 Å². The van der Waals surface area contributed by atoms with Gasteiger partial charge in [0.1, 0.15) is 5.75 Å². The fraction of sp³-hybridized carbons (Fsp3) is 0.429. The molecule has 1 rings (SSSR count). The molecule has 0 aliphatic carbocycles. The molecule has 0 fully saturated rings. The summed E-state index contributed by atoms with van der Waals surface area (Å²) in [5.74, 6) is -1.65. The molecule has 0 amide bonds. The van der Waals surface area contributed by atoms with Gasteiger partial charge >= 0.3 is 11.9 Å². The maximum absolute atomic E-state index is 11.3. The Kier molecular flexibility index (Phi) is 6.29. The maximum Gasteiger partial charge on any atom is 0.345 e. The first-order chi connectivity index (χ1) is 10.3. The molecule has 122 valence electrons. The van der Waals surface area contributed by atoms with Gasteiger partial charge in [-0.25, -0.2) is 4.79 Å². The highest BCUT2D eigenvalue weighted by Crippen LogP contribution is 2.13. The number of carboxylic acid groups (broad SMARTS) is 1. The molecule has 8 nitrogen and oxygen atoms in total. The van der Waals surface area contributed by atoms with Gasteiger partial charge in [-0.3, -0.25) is 15.8 Å². The van der Waals surface area contributed by atoms with E-state index in [1.807, 2.05) is 0 Å². The molecule has 0 bridgehead atoms. The number of aliphatic hydroxyl groups is 1. The number of carbonyl (C=O) groups is 2. The van der Waals surface area contributed by atoms with Gasteiger partial charge in [0.2, 0.25) is 12.0 Å². The molecule has 22 heavy (non-hydrogen) atoms. The number of benzene rings is 1.